The first-order chi connectivity index (χ1) is 19.1. The number of pyridine rings is 1. The van der Waals surface area contributed by atoms with Crippen LogP contribution >= 0.6 is 11.6 Å². The molecule has 1 atom stereocenters. The number of aromatic nitrogens is 2. The van der Waals surface area contributed by atoms with Crippen molar-refractivity contribution in [2.24, 2.45) is 4.99 Å². The number of nitro benzene ring substituents is 1. The Labute approximate surface area is 228 Å². The number of nitrogens with one attached hydrogen (secondary N) is 3. The number of carbonyl (C=O) groups is 2. The second kappa shape index (κ2) is 10.4. The molecule has 1 aliphatic rings. The Morgan fingerprint density at radius 1 is 1.23 bits per heavy atom. The molecule has 0 radical (unpaired) electrons. The van der Waals surface area contributed by atoms with Crippen molar-refractivity contribution in [3.8, 4) is 0 Å². The molecular weight excluding hydrogens is 549 g/mol. The van der Waals surface area contributed by atoms with E-state index in [1.54, 1.807) is 6.92 Å². The number of nitro groups is 1. The number of hydrogen-bond donors (Lipinski definition) is 4. The lowest BCUT2D eigenvalue weighted by Gasteiger charge is -2.26. The molecule has 0 spiro atoms. The van der Waals surface area contributed by atoms with Crippen LogP contribution in [0.5, 0.6) is 0 Å². The molecule has 13 nitrogen and oxygen atoms in total. The predicted molar refractivity (Wildman–Crippen MR) is 142 cm³/mol. The van der Waals surface area contributed by atoms with Crippen LogP contribution in [-0.4, -0.2) is 37.8 Å². The van der Waals surface area contributed by atoms with Crippen molar-refractivity contribution in [1.82, 2.24) is 15.3 Å². The number of halogens is 2. The molecule has 2 aromatic heterocycles. The van der Waals surface area contributed by atoms with E-state index in [-0.39, 0.29) is 50.8 Å². The second-order valence-corrected chi connectivity index (χ2v) is 8.80. The van der Waals surface area contributed by atoms with Crippen LogP contribution in [0, 0.1) is 15.9 Å². The number of oxazole rings is 1. The molecule has 5 rings (SSSR count). The van der Waals surface area contributed by atoms with Crippen LogP contribution in [-0.2, 0) is 4.79 Å². The minimum atomic E-state index is -1.21. The molecule has 1 amide bonds. The van der Waals surface area contributed by atoms with Crippen LogP contribution < -0.4 is 16.0 Å². The first kappa shape index (κ1) is 26.2. The number of aliphatic imine (C=N–C) groups is 1. The summed E-state index contributed by atoms with van der Waals surface area (Å²) in [6.07, 6.45) is 1.22. The lowest BCUT2D eigenvalue weighted by atomic mass is 9.95. The third-order valence-corrected chi connectivity index (χ3v) is 6.22. The third kappa shape index (κ3) is 5.15. The lowest BCUT2D eigenvalue weighted by molar-refractivity contribution is -0.384. The molecule has 202 valence electrons. The number of nitrogens with zero attached hydrogens (tertiary/aromatic N) is 4. The van der Waals surface area contributed by atoms with Crippen molar-refractivity contribution in [3.63, 3.8) is 0 Å². The Kier molecular flexibility index (Phi) is 6.83. The van der Waals surface area contributed by atoms with Gasteiger partial charge >= 0.3 is 12.0 Å². The Hall–Kier alpha value is -5.37. The van der Waals surface area contributed by atoms with Crippen LogP contribution in [0.3, 0.4) is 0 Å². The standard InChI is InChI=1S/C25H17ClFN7O6/c1-11-19(22(35)31-18-9-12(23(36)37)7-8-28-18)21(14-3-2-4-16(20(14)26)34(38)39)32-24(29-11)33-25-30-15-6-5-13(27)10-17(15)40-25/h2-10,21H,1H3,(H,36,37)(H,28,31,35)(H2,29,30,32,33). The van der Waals surface area contributed by atoms with Crippen LogP contribution in [0.4, 0.5) is 21.9 Å². The number of hydrogen-bond acceptors (Lipinski definition) is 10. The van der Waals surface area contributed by atoms with E-state index in [1.807, 2.05) is 0 Å². The summed E-state index contributed by atoms with van der Waals surface area (Å²) >= 11 is 6.40. The number of aromatic carboxylic acids is 1. The minimum absolute atomic E-state index is 0.0233. The van der Waals surface area contributed by atoms with Gasteiger partial charge < -0.3 is 20.2 Å². The summed E-state index contributed by atoms with van der Waals surface area (Å²) in [4.78, 5) is 48.4. The maximum atomic E-state index is 13.6. The van der Waals surface area contributed by atoms with Gasteiger partial charge in [-0.2, -0.15) is 4.98 Å². The minimum Gasteiger partial charge on any atom is -0.478 e. The molecule has 3 heterocycles. The van der Waals surface area contributed by atoms with Gasteiger partial charge in [0.15, 0.2) is 5.58 Å². The predicted octanol–water partition coefficient (Wildman–Crippen LogP) is 4.65. The Balaban J connectivity index is 1.54. The van der Waals surface area contributed by atoms with Gasteiger partial charge in [0.1, 0.15) is 28.2 Å². The number of allylic oxidation sites excluding steroid dienone is 1. The molecule has 4 N–H and O–H groups in total. The number of anilines is 2. The highest BCUT2D eigenvalue weighted by Gasteiger charge is 2.33. The molecule has 1 unspecified atom stereocenters. The number of benzene rings is 2. The van der Waals surface area contributed by atoms with Gasteiger partial charge in [0.05, 0.1) is 16.1 Å². The van der Waals surface area contributed by atoms with Gasteiger partial charge in [0.25, 0.3) is 11.6 Å². The average Bonchev–Trinajstić information content (AvgIpc) is 3.29. The third-order valence-electron chi connectivity index (χ3n) is 5.81. The number of carboxylic acids is 1. The summed E-state index contributed by atoms with van der Waals surface area (Å²) in [7, 11) is 0. The van der Waals surface area contributed by atoms with Crippen molar-refractivity contribution in [1.29, 1.82) is 0 Å². The second-order valence-electron chi connectivity index (χ2n) is 8.43. The fourth-order valence-electron chi connectivity index (χ4n) is 4.02. The van der Waals surface area contributed by atoms with E-state index in [9.17, 15) is 29.2 Å². The Morgan fingerprint density at radius 2 is 2.02 bits per heavy atom. The first-order valence-corrected chi connectivity index (χ1v) is 11.8. The van der Waals surface area contributed by atoms with E-state index in [1.165, 1.54) is 48.7 Å². The normalized spacial score (nSPS) is 14.9. The van der Waals surface area contributed by atoms with Crippen molar-refractivity contribution in [3.05, 3.63) is 98.1 Å². The fraction of sp³-hybridized carbons (Fsp3) is 0.0800. The van der Waals surface area contributed by atoms with E-state index in [0.29, 0.717) is 5.52 Å². The number of fused-ring (bicyclic) bond motifs is 1. The number of amides is 1. The largest absolute Gasteiger partial charge is 0.478 e. The molecule has 0 aliphatic carbocycles. The zero-order chi connectivity index (χ0) is 28.6. The molecule has 0 saturated carbocycles. The quantitative estimate of drug-likeness (QED) is 0.189. The summed E-state index contributed by atoms with van der Waals surface area (Å²) in [5, 5.41) is 28.8. The molecule has 0 bridgehead atoms. The molecular formula is C25H17ClFN7O6. The number of rotatable bonds is 6. The molecule has 0 saturated heterocycles. The molecule has 2 aromatic carbocycles. The summed E-state index contributed by atoms with van der Waals surface area (Å²) in [5.41, 5.74) is 0.514. The van der Waals surface area contributed by atoms with Crippen molar-refractivity contribution in [2.75, 3.05) is 10.6 Å². The molecule has 0 fully saturated rings. The van der Waals surface area contributed by atoms with Crippen LogP contribution in [0.15, 0.2) is 75.4 Å². The van der Waals surface area contributed by atoms with Gasteiger partial charge in [0.2, 0.25) is 5.96 Å². The number of guanidine groups is 1. The van der Waals surface area contributed by atoms with Crippen LogP contribution in [0.1, 0.15) is 28.9 Å². The summed E-state index contributed by atoms with van der Waals surface area (Å²) < 4.78 is 19.1. The smallest absolute Gasteiger partial charge is 0.335 e. The van der Waals surface area contributed by atoms with E-state index >= 15 is 0 Å². The monoisotopic (exact) mass is 565 g/mol. The van der Waals surface area contributed by atoms with Gasteiger partial charge in [-0.05, 0) is 31.2 Å². The topological polar surface area (TPSA) is 185 Å². The lowest BCUT2D eigenvalue weighted by Crippen LogP contribution is -2.37. The Morgan fingerprint density at radius 3 is 2.77 bits per heavy atom. The summed E-state index contributed by atoms with van der Waals surface area (Å²) in [6.45, 7) is 1.56. The molecule has 40 heavy (non-hydrogen) atoms. The number of carbonyl (C=O) groups excluding carboxylic acids is 1. The van der Waals surface area contributed by atoms with E-state index in [2.05, 4.69) is 30.9 Å². The summed E-state index contributed by atoms with van der Waals surface area (Å²) in [5.74, 6) is -2.43. The molecule has 4 aromatic rings. The zero-order valence-electron chi connectivity index (χ0n) is 20.3. The average molecular weight is 566 g/mol. The zero-order valence-corrected chi connectivity index (χ0v) is 21.1. The van der Waals surface area contributed by atoms with Gasteiger partial charge in [-0.3, -0.25) is 20.2 Å². The number of carboxylic acid groups (broad SMARTS) is 1. The summed E-state index contributed by atoms with van der Waals surface area (Å²) in [6, 6.07) is 9.16. The van der Waals surface area contributed by atoms with Gasteiger partial charge in [-0.25, -0.2) is 19.2 Å². The highest BCUT2D eigenvalue weighted by Crippen LogP contribution is 2.39. The Bertz CT molecular complexity index is 1770. The van der Waals surface area contributed by atoms with Gasteiger partial charge in [-0.1, -0.05) is 23.7 Å². The highest BCUT2D eigenvalue weighted by atomic mass is 35.5. The maximum Gasteiger partial charge on any atom is 0.335 e. The SMILES string of the molecule is CC1=C(C(=O)Nc2cc(C(=O)O)ccn2)C(c2cccc([N+](=O)[O-])c2Cl)N=C(Nc2nc3ccc(F)cc3o2)N1. The van der Waals surface area contributed by atoms with Crippen molar-refractivity contribution >= 4 is 58.1 Å². The fourth-order valence-corrected chi connectivity index (χ4v) is 4.32. The van der Waals surface area contributed by atoms with E-state index < -0.39 is 34.3 Å². The van der Waals surface area contributed by atoms with Crippen LogP contribution in [0.25, 0.3) is 11.1 Å². The van der Waals surface area contributed by atoms with Crippen molar-refractivity contribution in [2.45, 2.75) is 13.0 Å². The van der Waals surface area contributed by atoms with E-state index in [4.69, 9.17) is 16.0 Å². The highest BCUT2D eigenvalue weighted by molar-refractivity contribution is 6.33. The van der Waals surface area contributed by atoms with Crippen LogP contribution in [0.2, 0.25) is 5.02 Å². The maximum absolute atomic E-state index is 13.6. The van der Waals surface area contributed by atoms with Gasteiger partial charge in [0, 0.05) is 29.6 Å². The molecule has 15 heteroatoms. The molecule has 1 aliphatic heterocycles. The van der Waals surface area contributed by atoms with E-state index in [0.717, 1.165) is 6.07 Å². The first-order valence-electron chi connectivity index (χ1n) is 11.4. The van der Waals surface area contributed by atoms with Crippen molar-refractivity contribution < 1.29 is 28.4 Å². The van der Waals surface area contributed by atoms with Gasteiger partial charge in [-0.15, -0.1) is 0 Å².